The first-order chi connectivity index (χ1) is 13.5. The van der Waals surface area contributed by atoms with Gasteiger partial charge in [-0.05, 0) is 55.0 Å². The summed E-state index contributed by atoms with van der Waals surface area (Å²) in [5.74, 6) is -0.315. The van der Waals surface area contributed by atoms with Crippen LogP contribution in [0.5, 0.6) is 0 Å². The minimum atomic E-state index is -0.258. The van der Waals surface area contributed by atoms with E-state index in [-0.39, 0.29) is 24.4 Å². The number of benzene rings is 2. The fourth-order valence-electron chi connectivity index (χ4n) is 3.74. The highest BCUT2D eigenvalue weighted by atomic mass is 19.1. The molecule has 1 heterocycles. The van der Waals surface area contributed by atoms with Crippen molar-refractivity contribution >= 4 is 11.6 Å². The number of carbonyl (C=O) groups excluding carboxylic acids is 1. The van der Waals surface area contributed by atoms with Crippen LogP contribution in [-0.4, -0.2) is 36.6 Å². The largest absolute Gasteiger partial charge is 0.377 e. The molecule has 2 aromatic carbocycles. The Bertz CT molecular complexity index is 803. The molecule has 0 radical (unpaired) electrons. The van der Waals surface area contributed by atoms with Crippen molar-refractivity contribution in [1.29, 1.82) is 0 Å². The minimum absolute atomic E-state index is 0.0570. The first kappa shape index (κ1) is 20.5. The van der Waals surface area contributed by atoms with Crippen molar-refractivity contribution in [2.75, 3.05) is 25.0 Å². The normalized spacial score (nSPS) is 16.5. The van der Waals surface area contributed by atoms with Crippen LogP contribution in [0.4, 0.5) is 10.1 Å². The van der Waals surface area contributed by atoms with E-state index in [0.717, 1.165) is 48.2 Å². The van der Waals surface area contributed by atoms with E-state index in [4.69, 9.17) is 4.74 Å². The van der Waals surface area contributed by atoms with E-state index in [9.17, 15) is 9.18 Å². The summed E-state index contributed by atoms with van der Waals surface area (Å²) in [5, 5.41) is 3.09. The standard InChI is InChI=1S/C23H29FN2O2/c1-3-19-9-4-7-17(2)23(19)25-22(27)16-26(15-21-11-6-12-28-21)14-18-8-5-10-20(24)13-18/h4-5,7-10,13,21H,3,6,11-12,14-16H2,1-2H3,(H,25,27). The van der Waals surface area contributed by atoms with Gasteiger partial charge in [0, 0.05) is 25.4 Å². The van der Waals surface area contributed by atoms with Crippen LogP contribution in [0.1, 0.15) is 36.5 Å². The number of ether oxygens (including phenoxy) is 1. The lowest BCUT2D eigenvalue weighted by molar-refractivity contribution is -0.117. The number of amides is 1. The molecule has 1 atom stereocenters. The summed E-state index contributed by atoms with van der Waals surface area (Å²) in [6.45, 7) is 6.28. The maximum absolute atomic E-state index is 13.6. The number of halogens is 1. The van der Waals surface area contributed by atoms with E-state index >= 15 is 0 Å². The van der Waals surface area contributed by atoms with Gasteiger partial charge in [-0.15, -0.1) is 0 Å². The van der Waals surface area contributed by atoms with Gasteiger partial charge < -0.3 is 10.1 Å². The van der Waals surface area contributed by atoms with Crippen molar-refractivity contribution in [3.63, 3.8) is 0 Å². The zero-order valence-electron chi connectivity index (χ0n) is 16.7. The summed E-state index contributed by atoms with van der Waals surface area (Å²) in [6.07, 6.45) is 3.04. The van der Waals surface area contributed by atoms with Crippen LogP contribution in [0.3, 0.4) is 0 Å². The van der Waals surface area contributed by atoms with Gasteiger partial charge >= 0.3 is 0 Å². The molecule has 2 aromatic rings. The molecule has 1 fully saturated rings. The SMILES string of the molecule is CCc1cccc(C)c1NC(=O)CN(Cc1cccc(F)c1)CC1CCCO1. The number of para-hydroxylation sites is 1. The lowest BCUT2D eigenvalue weighted by atomic mass is 10.1. The number of anilines is 1. The predicted molar refractivity (Wildman–Crippen MR) is 110 cm³/mol. The van der Waals surface area contributed by atoms with Gasteiger partial charge in [-0.2, -0.15) is 0 Å². The Morgan fingerprint density at radius 2 is 2.11 bits per heavy atom. The van der Waals surface area contributed by atoms with Crippen molar-refractivity contribution in [2.45, 2.75) is 45.8 Å². The summed E-state index contributed by atoms with van der Waals surface area (Å²) in [4.78, 5) is 14.9. The topological polar surface area (TPSA) is 41.6 Å². The average Bonchev–Trinajstić information content (AvgIpc) is 3.16. The second-order valence-electron chi connectivity index (χ2n) is 7.45. The van der Waals surface area contributed by atoms with Crippen molar-refractivity contribution in [3.05, 3.63) is 65.0 Å². The van der Waals surface area contributed by atoms with Gasteiger partial charge in [0.2, 0.25) is 5.91 Å². The van der Waals surface area contributed by atoms with Crippen LogP contribution >= 0.6 is 0 Å². The maximum Gasteiger partial charge on any atom is 0.238 e. The Kier molecular flexibility index (Phi) is 7.18. The Labute approximate surface area is 166 Å². The van der Waals surface area contributed by atoms with Crippen LogP contribution in [0.25, 0.3) is 0 Å². The molecule has 0 aliphatic carbocycles. The highest BCUT2D eigenvalue weighted by Crippen LogP contribution is 2.21. The van der Waals surface area contributed by atoms with Crippen molar-refractivity contribution in [2.24, 2.45) is 0 Å². The van der Waals surface area contributed by atoms with E-state index in [0.29, 0.717) is 13.1 Å². The number of aryl methyl sites for hydroxylation is 2. The Hall–Kier alpha value is -2.24. The Balaban J connectivity index is 1.70. The molecule has 1 saturated heterocycles. The van der Waals surface area contributed by atoms with Crippen LogP contribution in [0, 0.1) is 12.7 Å². The third-order valence-electron chi connectivity index (χ3n) is 5.15. The van der Waals surface area contributed by atoms with E-state index in [1.165, 1.54) is 12.1 Å². The second-order valence-corrected chi connectivity index (χ2v) is 7.45. The highest BCUT2D eigenvalue weighted by Gasteiger charge is 2.21. The smallest absolute Gasteiger partial charge is 0.238 e. The molecular weight excluding hydrogens is 355 g/mol. The van der Waals surface area contributed by atoms with E-state index in [1.807, 2.05) is 36.1 Å². The van der Waals surface area contributed by atoms with Crippen molar-refractivity contribution < 1.29 is 13.9 Å². The molecule has 1 aliphatic heterocycles. The number of rotatable bonds is 8. The summed E-state index contributed by atoms with van der Waals surface area (Å²) in [7, 11) is 0. The molecule has 1 N–H and O–H groups in total. The van der Waals surface area contributed by atoms with Gasteiger partial charge in [0.25, 0.3) is 0 Å². The average molecular weight is 384 g/mol. The van der Waals surface area contributed by atoms with Gasteiger partial charge in [-0.1, -0.05) is 37.3 Å². The number of hydrogen-bond donors (Lipinski definition) is 1. The van der Waals surface area contributed by atoms with E-state index in [2.05, 4.69) is 12.2 Å². The number of nitrogens with one attached hydrogen (secondary N) is 1. The fraction of sp³-hybridized carbons (Fsp3) is 0.435. The number of hydrogen-bond acceptors (Lipinski definition) is 3. The first-order valence-corrected chi connectivity index (χ1v) is 10.0. The van der Waals surface area contributed by atoms with E-state index in [1.54, 1.807) is 6.07 Å². The highest BCUT2D eigenvalue weighted by molar-refractivity contribution is 5.93. The van der Waals surface area contributed by atoms with E-state index < -0.39 is 0 Å². The molecular formula is C23H29FN2O2. The van der Waals surface area contributed by atoms with Gasteiger partial charge in [0.15, 0.2) is 0 Å². The van der Waals surface area contributed by atoms with Crippen LogP contribution in [0.15, 0.2) is 42.5 Å². The zero-order valence-corrected chi connectivity index (χ0v) is 16.7. The molecule has 3 rings (SSSR count). The predicted octanol–water partition coefficient (Wildman–Crippen LogP) is 4.32. The lowest BCUT2D eigenvalue weighted by Crippen LogP contribution is -2.38. The molecule has 0 aromatic heterocycles. The lowest BCUT2D eigenvalue weighted by Gasteiger charge is -2.25. The monoisotopic (exact) mass is 384 g/mol. The molecule has 150 valence electrons. The first-order valence-electron chi connectivity index (χ1n) is 10.0. The van der Waals surface area contributed by atoms with Crippen molar-refractivity contribution in [3.8, 4) is 0 Å². The Morgan fingerprint density at radius 3 is 2.82 bits per heavy atom. The maximum atomic E-state index is 13.6. The molecule has 5 heteroatoms. The molecule has 28 heavy (non-hydrogen) atoms. The minimum Gasteiger partial charge on any atom is -0.377 e. The van der Waals surface area contributed by atoms with Crippen molar-refractivity contribution in [1.82, 2.24) is 4.90 Å². The van der Waals surface area contributed by atoms with Gasteiger partial charge in [-0.25, -0.2) is 4.39 Å². The van der Waals surface area contributed by atoms with Crippen LogP contribution < -0.4 is 5.32 Å². The quantitative estimate of drug-likeness (QED) is 0.737. The fourth-order valence-corrected chi connectivity index (χ4v) is 3.74. The molecule has 1 amide bonds. The second kappa shape index (κ2) is 9.80. The van der Waals surface area contributed by atoms with Crippen LogP contribution in [-0.2, 0) is 22.5 Å². The summed E-state index contributed by atoms with van der Waals surface area (Å²) in [5.41, 5.74) is 3.95. The molecule has 4 nitrogen and oxygen atoms in total. The molecule has 0 saturated carbocycles. The third-order valence-corrected chi connectivity index (χ3v) is 5.15. The van der Waals surface area contributed by atoms with Gasteiger partial charge in [-0.3, -0.25) is 9.69 Å². The summed E-state index contributed by atoms with van der Waals surface area (Å²) in [6, 6.07) is 12.6. The summed E-state index contributed by atoms with van der Waals surface area (Å²) < 4.78 is 19.3. The summed E-state index contributed by atoms with van der Waals surface area (Å²) >= 11 is 0. The zero-order chi connectivity index (χ0) is 19.9. The van der Waals surface area contributed by atoms with Crippen LogP contribution in [0.2, 0.25) is 0 Å². The molecule has 1 unspecified atom stereocenters. The molecule has 0 spiro atoms. The number of nitrogens with zero attached hydrogens (tertiary/aromatic N) is 1. The van der Waals surface area contributed by atoms with Gasteiger partial charge in [0.05, 0.1) is 12.6 Å². The van der Waals surface area contributed by atoms with Gasteiger partial charge in [0.1, 0.15) is 5.82 Å². The number of carbonyl (C=O) groups is 1. The molecule has 1 aliphatic rings. The molecule has 0 bridgehead atoms. The Morgan fingerprint density at radius 1 is 1.29 bits per heavy atom. The third kappa shape index (κ3) is 5.63.